The third-order valence-corrected chi connectivity index (χ3v) is 4.79. The molecule has 4 heteroatoms. The summed E-state index contributed by atoms with van der Waals surface area (Å²) in [6.45, 7) is 2.42. The number of rotatable bonds is 6. The van der Waals surface area contributed by atoms with Crippen molar-refractivity contribution in [2.75, 3.05) is 25.0 Å². The largest absolute Gasteiger partial charge is 0.396 e. The highest BCUT2D eigenvalue weighted by Crippen LogP contribution is 2.36. The number of benzene rings is 2. The molecule has 4 nitrogen and oxygen atoms in total. The standard InChI is InChI=1S/C20H24N2O2/c23-14-12-20(19(24)21-18-9-5-2-6-10-18)11-13-22(16-20)15-17-7-3-1-4-8-17/h1-10,23H,11-16H2,(H,21,24). The first-order valence-corrected chi connectivity index (χ1v) is 8.45. The topological polar surface area (TPSA) is 52.6 Å². The van der Waals surface area contributed by atoms with E-state index in [1.54, 1.807) is 0 Å². The van der Waals surface area contributed by atoms with Gasteiger partial charge in [0, 0.05) is 25.4 Å². The van der Waals surface area contributed by atoms with Crippen molar-refractivity contribution < 1.29 is 9.90 Å². The van der Waals surface area contributed by atoms with Crippen LogP contribution in [0.25, 0.3) is 0 Å². The highest BCUT2D eigenvalue weighted by atomic mass is 16.3. The second kappa shape index (κ2) is 7.60. The van der Waals surface area contributed by atoms with Gasteiger partial charge >= 0.3 is 0 Å². The molecule has 3 rings (SSSR count). The monoisotopic (exact) mass is 324 g/mol. The van der Waals surface area contributed by atoms with Gasteiger partial charge in [-0.2, -0.15) is 0 Å². The molecule has 1 atom stereocenters. The Labute approximate surface area is 143 Å². The lowest BCUT2D eigenvalue weighted by Crippen LogP contribution is -2.39. The number of aliphatic hydroxyl groups is 1. The van der Waals surface area contributed by atoms with Gasteiger partial charge in [0.1, 0.15) is 0 Å². The Morgan fingerprint density at radius 3 is 2.42 bits per heavy atom. The van der Waals surface area contributed by atoms with Crippen molar-refractivity contribution in [2.45, 2.75) is 19.4 Å². The molecule has 1 aliphatic rings. The minimum atomic E-state index is -0.515. The second-order valence-electron chi connectivity index (χ2n) is 6.52. The third kappa shape index (κ3) is 3.83. The maximum atomic E-state index is 12.9. The van der Waals surface area contributed by atoms with Gasteiger partial charge in [-0.15, -0.1) is 0 Å². The van der Waals surface area contributed by atoms with Crippen molar-refractivity contribution in [2.24, 2.45) is 5.41 Å². The van der Waals surface area contributed by atoms with Crippen molar-refractivity contribution in [1.29, 1.82) is 0 Å². The number of anilines is 1. The highest BCUT2D eigenvalue weighted by molar-refractivity contribution is 5.95. The molecule has 1 aliphatic heterocycles. The Balaban J connectivity index is 1.69. The summed E-state index contributed by atoms with van der Waals surface area (Å²) in [6, 6.07) is 19.8. The second-order valence-corrected chi connectivity index (χ2v) is 6.52. The van der Waals surface area contributed by atoms with E-state index < -0.39 is 5.41 Å². The van der Waals surface area contributed by atoms with E-state index in [9.17, 15) is 9.90 Å². The van der Waals surface area contributed by atoms with Gasteiger partial charge in [0.15, 0.2) is 0 Å². The Morgan fingerprint density at radius 1 is 1.08 bits per heavy atom. The number of nitrogens with one attached hydrogen (secondary N) is 1. The Kier molecular flexibility index (Phi) is 5.28. The van der Waals surface area contributed by atoms with Crippen LogP contribution in [0.3, 0.4) is 0 Å². The van der Waals surface area contributed by atoms with E-state index in [-0.39, 0.29) is 12.5 Å². The minimum absolute atomic E-state index is 0.0123. The Bertz CT molecular complexity index is 660. The lowest BCUT2D eigenvalue weighted by atomic mass is 9.82. The molecule has 0 radical (unpaired) electrons. The maximum absolute atomic E-state index is 12.9. The molecule has 24 heavy (non-hydrogen) atoms. The molecular formula is C20H24N2O2. The van der Waals surface area contributed by atoms with Crippen molar-refractivity contribution in [3.8, 4) is 0 Å². The number of hydrogen-bond donors (Lipinski definition) is 2. The van der Waals surface area contributed by atoms with E-state index in [2.05, 4.69) is 22.3 Å². The fourth-order valence-corrected chi connectivity index (χ4v) is 3.44. The first kappa shape index (κ1) is 16.7. The van der Waals surface area contributed by atoms with Crippen LogP contribution in [-0.2, 0) is 11.3 Å². The predicted octanol–water partition coefficient (Wildman–Crippen LogP) is 2.90. The van der Waals surface area contributed by atoms with Crippen LogP contribution < -0.4 is 5.32 Å². The van der Waals surface area contributed by atoms with Gasteiger partial charge in [0.05, 0.1) is 5.41 Å². The molecule has 2 N–H and O–H groups in total. The third-order valence-electron chi connectivity index (χ3n) is 4.79. The molecule has 1 saturated heterocycles. The van der Waals surface area contributed by atoms with E-state index >= 15 is 0 Å². The zero-order chi connectivity index (χ0) is 16.8. The van der Waals surface area contributed by atoms with Crippen LogP contribution in [0.4, 0.5) is 5.69 Å². The molecule has 0 spiro atoms. The van der Waals surface area contributed by atoms with Crippen molar-refractivity contribution in [3.63, 3.8) is 0 Å². The van der Waals surface area contributed by atoms with Crippen LogP contribution in [0.1, 0.15) is 18.4 Å². The van der Waals surface area contributed by atoms with Crippen LogP contribution in [0, 0.1) is 5.41 Å². The average molecular weight is 324 g/mol. The van der Waals surface area contributed by atoms with Gasteiger partial charge in [-0.25, -0.2) is 0 Å². The van der Waals surface area contributed by atoms with E-state index in [4.69, 9.17) is 0 Å². The van der Waals surface area contributed by atoms with Crippen LogP contribution >= 0.6 is 0 Å². The highest BCUT2D eigenvalue weighted by Gasteiger charge is 2.43. The number of likely N-dealkylation sites (tertiary alicyclic amines) is 1. The molecule has 2 aromatic carbocycles. The fourth-order valence-electron chi connectivity index (χ4n) is 3.44. The summed E-state index contributed by atoms with van der Waals surface area (Å²) >= 11 is 0. The molecule has 126 valence electrons. The van der Waals surface area contributed by atoms with Crippen LogP contribution in [0.2, 0.25) is 0 Å². The molecule has 1 amide bonds. The SMILES string of the molecule is O=C(Nc1ccccc1)C1(CCO)CCN(Cc2ccccc2)C1. The Hall–Kier alpha value is -2.17. The van der Waals surface area contributed by atoms with Gasteiger partial charge in [-0.1, -0.05) is 48.5 Å². The summed E-state index contributed by atoms with van der Waals surface area (Å²) in [4.78, 5) is 15.2. The van der Waals surface area contributed by atoms with Gasteiger partial charge in [-0.3, -0.25) is 9.69 Å². The molecule has 0 aliphatic carbocycles. The molecular weight excluding hydrogens is 300 g/mol. The van der Waals surface area contributed by atoms with Gasteiger partial charge in [0.2, 0.25) is 5.91 Å². The van der Waals surface area contributed by atoms with Gasteiger partial charge in [-0.05, 0) is 37.1 Å². The van der Waals surface area contributed by atoms with Crippen molar-refractivity contribution >= 4 is 11.6 Å². The lowest BCUT2D eigenvalue weighted by molar-refractivity contribution is -0.126. The van der Waals surface area contributed by atoms with Crippen molar-refractivity contribution in [3.05, 3.63) is 66.2 Å². The summed E-state index contributed by atoms with van der Waals surface area (Å²) in [6.07, 6.45) is 1.27. The molecule has 0 aromatic heterocycles. The summed E-state index contributed by atoms with van der Waals surface area (Å²) in [7, 11) is 0. The first-order valence-electron chi connectivity index (χ1n) is 8.45. The molecule has 1 unspecified atom stereocenters. The summed E-state index contributed by atoms with van der Waals surface area (Å²) in [5, 5.41) is 12.5. The fraction of sp³-hybridized carbons (Fsp3) is 0.350. The lowest BCUT2D eigenvalue weighted by Gasteiger charge is -2.27. The number of aliphatic hydroxyl groups excluding tert-OH is 1. The van der Waals surface area contributed by atoms with E-state index in [1.165, 1.54) is 5.56 Å². The molecule has 1 heterocycles. The minimum Gasteiger partial charge on any atom is -0.396 e. The number of amides is 1. The van der Waals surface area contributed by atoms with E-state index in [0.29, 0.717) is 13.0 Å². The number of nitrogens with zero attached hydrogens (tertiary/aromatic N) is 1. The maximum Gasteiger partial charge on any atom is 0.232 e. The number of carbonyl (C=O) groups excluding carboxylic acids is 1. The van der Waals surface area contributed by atoms with Crippen molar-refractivity contribution in [1.82, 2.24) is 4.90 Å². The summed E-state index contributed by atoms with van der Waals surface area (Å²) in [5.41, 5.74) is 1.54. The van der Waals surface area contributed by atoms with Gasteiger partial charge < -0.3 is 10.4 Å². The molecule has 1 fully saturated rings. The summed E-state index contributed by atoms with van der Waals surface area (Å²) in [5.74, 6) is 0.0123. The van der Waals surface area contributed by atoms with E-state index in [1.807, 2.05) is 48.5 Å². The van der Waals surface area contributed by atoms with Crippen LogP contribution in [-0.4, -0.2) is 35.6 Å². The normalized spacial score (nSPS) is 20.9. The van der Waals surface area contributed by atoms with Gasteiger partial charge in [0.25, 0.3) is 0 Å². The quantitative estimate of drug-likeness (QED) is 0.859. The smallest absolute Gasteiger partial charge is 0.232 e. The summed E-state index contributed by atoms with van der Waals surface area (Å²) < 4.78 is 0. The zero-order valence-corrected chi connectivity index (χ0v) is 13.8. The molecule has 0 saturated carbocycles. The predicted molar refractivity (Wildman–Crippen MR) is 95.5 cm³/mol. The Morgan fingerprint density at radius 2 is 1.75 bits per heavy atom. The first-order chi connectivity index (χ1) is 11.7. The number of para-hydroxylation sites is 1. The molecule has 2 aromatic rings. The van der Waals surface area contributed by atoms with Crippen LogP contribution in [0.15, 0.2) is 60.7 Å². The average Bonchev–Trinajstić information content (AvgIpc) is 3.01. The molecule has 0 bridgehead atoms. The number of carbonyl (C=O) groups is 1. The zero-order valence-electron chi connectivity index (χ0n) is 13.8. The van der Waals surface area contributed by atoms with E-state index in [0.717, 1.165) is 25.2 Å². The number of hydrogen-bond acceptors (Lipinski definition) is 3. The van der Waals surface area contributed by atoms with Crippen LogP contribution in [0.5, 0.6) is 0 Å².